The molecule has 1 N–H and O–H groups in total. The number of aliphatic hydroxyl groups excluding tert-OH is 1. The zero-order valence-electron chi connectivity index (χ0n) is 11.3. The van der Waals surface area contributed by atoms with Crippen molar-refractivity contribution in [2.24, 2.45) is 0 Å². The van der Waals surface area contributed by atoms with Gasteiger partial charge in [0, 0.05) is 17.1 Å². The minimum atomic E-state index is -0.472. The van der Waals surface area contributed by atoms with E-state index in [1.54, 1.807) is 12.3 Å². The summed E-state index contributed by atoms with van der Waals surface area (Å²) in [5.41, 5.74) is 2.36. The van der Waals surface area contributed by atoms with E-state index in [0.717, 1.165) is 16.5 Å². The fourth-order valence-electron chi connectivity index (χ4n) is 2.20. The Morgan fingerprint density at radius 2 is 1.95 bits per heavy atom. The number of halogens is 1. The predicted octanol–water partition coefficient (Wildman–Crippen LogP) is 3.45. The number of benzene rings is 2. The zero-order chi connectivity index (χ0) is 14.7. The van der Waals surface area contributed by atoms with Gasteiger partial charge in [-0.3, -0.25) is 4.98 Å². The Hall–Kier alpha value is -2.46. The molecule has 0 aliphatic rings. The van der Waals surface area contributed by atoms with E-state index in [1.807, 2.05) is 30.3 Å². The summed E-state index contributed by atoms with van der Waals surface area (Å²) >= 11 is 0. The molecule has 1 heterocycles. The van der Waals surface area contributed by atoms with Crippen LogP contribution in [0.5, 0.6) is 5.75 Å². The lowest BCUT2D eigenvalue weighted by atomic mass is 10.1. The van der Waals surface area contributed by atoms with Gasteiger partial charge in [0.25, 0.3) is 0 Å². The first-order valence-electron chi connectivity index (χ1n) is 6.62. The fourth-order valence-corrected chi connectivity index (χ4v) is 2.20. The van der Waals surface area contributed by atoms with Crippen LogP contribution in [0.25, 0.3) is 10.9 Å². The predicted molar refractivity (Wildman–Crippen MR) is 78.4 cm³/mol. The Morgan fingerprint density at radius 3 is 2.76 bits per heavy atom. The third-order valence-corrected chi connectivity index (χ3v) is 3.30. The minimum absolute atomic E-state index is 0.174. The average molecular weight is 283 g/mol. The molecule has 3 nitrogen and oxygen atoms in total. The number of para-hydroxylation sites is 1. The summed E-state index contributed by atoms with van der Waals surface area (Å²) in [6.45, 7) is 0.0740. The Kier molecular flexibility index (Phi) is 3.79. The van der Waals surface area contributed by atoms with Crippen LogP contribution in [-0.4, -0.2) is 10.1 Å². The van der Waals surface area contributed by atoms with Gasteiger partial charge in [-0.2, -0.15) is 0 Å². The lowest BCUT2D eigenvalue weighted by molar-refractivity contribution is 0.277. The molecule has 0 saturated carbocycles. The molecule has 3 rings (SSSR count). The molecule has 0 unspecified atom stereocenters. The van der Waals surface area contributed by atoms with E-state index < -0.39 is 5.82 Å². The number of hydrogen-bond acceptors (Lipinski definition) is 3. The number of ether oxygens (including phenoxy) is 1. The first-order chi connectivity index (χ1) is 10.3. The maximum absolute atomic E-state index is 13.8. The number of pyridine rings is 1. The summed E-state index contributed by atoms with van der Waals surface area (Å²) in [7, 11) is 0. The van der Waals surface area contributed by atoms with E-state index in [0.29, 0.717) is 5.56 Å². The number of nitrogens with zero attached hydrogens (tertiary/aromatic N) is 1. The molecular formula is C17H14FNO2. The van der Waals surface area contributed by atoms with Gasteiger partial charge < -0.3 is 9.84 Å². The van der Waals surface area contributed by atoms with E-state index in [2.05, 4.69) is 4.98 Å². The molecule has 21 heavy (non-hydrogen) atoms. The summed E-state index contributed by atoms with van der Waals surface area (Å²) in [6.07, 6.45) is 1.71. The molecule has 0 amide bonds. The molecule has 0 atom stereocenters. The van der Waals surface area contributed by atoms with Crippen LogP contribution in [0.3, 0.4) is 0 Å². The highest BCUT2D eigenvalue weighted by molar-refractivity contribution is 5.81. The lowest BCUT2D eigenvalue weighted by Crippen LogP contribution is -1.99. The Labute approximate surface area is 121 Å². The van der Waals surface area contributed by atoms with E-state index in [1.165, 1.54) is 12.1 Å². The van der Waals surface area contributed by atoms with Gasteiger partial charge in [-0.25, -0.2) is 4.39 Å². The quantitative estimate of drug-likeness (QED) is 0.797. The Morgan fingerprint density at radius 1 is 1.10 bits per heavy atom. The molecule has 2 aromatic carbocycles. The second kappa shape index (κ2) is 5.89. The van der Waals surface area contributed by atoms with Crippen molar-refractivity contribution < 1.29 is 14.2 Å². The lowest BCUT2D eigenvalue weighted by Gasteiger charge is -2.10. The minimum Gasteiger partial charge on any atom is -0.486 e. The fraction of sp³-hybridized carbons (Fsp3) is 0.118. The van der Waals surface area contributed by atoms with Gasteiger partial charge in [0.2, 0.25) is 0 Å². The van der Waals surface area contributed by atoms with Crippen molar-refractivity contribution in [3.8, 4) is 5.75 Å². The topological polar surface area (TPSA) is 42.4 Å². The van der Waals surface area contributed by atoms with Gasteiger partial charge in [-0.1, -0.05) is 24.3 Å². The summed E-state index contributed by atoms with van der Waals surface area (Å²) in [4.78, 5) is 4.28. The van der Waals surface area contributed by atoms with Crippen LogP contribution in [0.4, 0.5) is 4.39 Å². The molecule has 0 spiro atoms. The molecule has 0 bridgehead atoms. The maximum Gasteiger partial charge on any atom is 0.165 e. The third kappa shape index (κ3) is 2.85. The standard InChI is InChI=1S/C17H14FNO2/c18-15-9-12(10-20)5-6-17(15)21-11-13-7-8-19-16-4-2-1-3-14(13)16/h1-9,20H,10-11H2. The van der Waals surface area contributed by atoms with Gasteiger partial charge in [-0.15, -0.1) is 0 Å². The Balaban J connectivity index is 1.84. The highest BCUT2D eigenvalue weighted by Gasteiger charge is 2.07. The van der Waals surface area contributed by atoms with Crippen LogP contribution < -0.4 is 4.74 Å². The number of aliphatic hydroxyl groups is 1. The van der Waals surface area contributed by atoms with Crippen molar-refractivity contribution in [3.63, 3.8) is 0 Å². The largest absolute Gasteiger partial charge is 0.486 e. The highest BCUT2D eigenvalue weighted by atomic mass is 19.1. The molecule has 0 saturated heterocycles. The first kappa shape index (κ1) is 13.5. The molecule has 4 heteroatoms. The Bertz CT molecular complexity index is 768. The number of rotatable bonds is 4. The SMILES string of the molecule is OCc1ccc(OCc2ccnc3ccccc23)c(F)c1. The molecular weight excluding hydrogens is 269 g/mol. The molecule has 0 aliphatic carbocycles. The molecule has 106 valence electrons. The van der Waals surface area contributed by atoms with Crippen LogP contribution >= 0.6 is 0 Å². The van der Waals surface area contributed by atoms with E-state index >= 15 is 0 Å². The second-order valence-electron chi connectivity index (χ2n) is 4.70. The van der Waals surface area contributed by atoms with Gasteiger partial charge in [0.1, 0.15) is 6.61 Å². The van der Waals surface area contributed by atoms with Gasteiger partial charge in [0.15, 0.2) is 11.6 Å². The van der Waals surface area contributed by atoms with Crippen molar-refractivity contribution in [3.05, 3.63) is 71.7 Å². The summed E-state index contributed by atoms with van der Waals surface area (Å²) in [5.74, 6) is -0.298. The smallest absolute Gasteiger partial charge is 0.165 e. The van der Waals surface area contributed by atoms with Gasteiger partial charge in [0.05, 0.1) is 12.1 Å². The van der Waals surface area contributed by atoms with Crippen molar-refractivity contribution >= 4 is 10.9 Å². The van der Waals surface area contributed by atoms with E-state index in [-0.39, 0.29) is 19.0 Å². The van der Waals surface area contributed by atoms with Crippen LogP contribution in [0.1, 0.15) is 11.1 Å². The average Bonchev–Trinajstić information content (AvgIpc) is 2.53. The van der Waals surface area contributed by atoms with Crippen LogP contribution in [-0.2, 0) is 13.2 Å². The second-order valence-corrected chi connectivity index (χ2v) is 4.70. The van der Waals surface area contributed by atoms with Crippen molar-refractivity contribution in [2.45, 2.75) is 13.2 Å². The molecule has 1 aromatic heterocycles. The first-order valence-corrected chi connectivity index (χ1v) is 6.62. The van der Waals surface area contributed by atoms with Gasteiger partial charge >= 0.3 is 0 Å². The highest BCUT2D eigenvalue weighted by Crippen LogP contribution is 2.22. The summed E-state index contributed by atoms with van der Waals surface area (Å²) in [6, 6.07) is 14.1. The normalized spacial score (nSPS) is 10.8. The van der Waals surface area contributed by atoms with Crippen LogP contribution in [0.2, 0.25) is 0 Å². The summed E-state index contributed by atoms with van der Waals surface area (Å²) < 4.78 is 19.4. The number of aromatic nitrogens is 1. The van der Waals surface area contributed by atoms with Crippen LogP contribution in [0, 0.1) is 5.82 Å². The van der Waals surface area contributed by atoms with E-state index in [4.69, 9.17) is 9.84 Å². The third-order valence-electron chi connectivity index (χ3n) is 3.30. The molecule has 0 fully saturated rings. The summed E-state index contributed by atoms with van der Waals surface area (Å²) in [5, 5.41) is 9.96. The van der Waals surface area contributed by atoms with Crippen molar-refractivity contribution in [1.29, 1.82) is 0 Å². The van der Waals surface area contributed by atoms with Crippen molar-refractivity contribution in [2.75, 3.05) is 0 Å². The number of hydrogen-bond donors (Lipinski definition) is 1. The monoisotopic (exact) mass is 283 g/mol. The molecule has 3 aromatic rings. The van der Waals surface area contributed by atoms with Crippen LogP contribution in [0.15, 0.2) is 54.7 Å². The zero-order valence-corrected chi connectivity index (χ0v) is 11.3. The number of fused-ring (bicyclic) bond motifs is 1. The van der Waals surface area contributed by atoms with E-state index in [9.17, 15) is 4.39 Å². The maximum atomic E-state index is 13.8. The molecule has 0 aliphatic heterocycles. The van der Waals surface area contributed by atoms with Crippen molar-refractivity contribution in [1.82, 2.24) is 4.98 Å². The van der Waals surface area contributed by atoms with Gasteiger partial charge in [-0.05, 0) is 29.8 Å². The molecule has 0 radical (unpaired) electrons.